The van der Waals surface area contributed by atoms with Crippen LogP contribution in [-0.2, 0) is 14.3 Å². The minimum absolute atomic E-state index is 0.0724. The summed E-state index contributed by atoms with van der Waals surface area (Å²) in [7, 11) is 0. The molecule has 2 amide bonds. The highest BCUT2D eigenvalue weighted by Crippen LogP contribution is 2.40. The molecule has 2 aliphatic heterocycles. The molecular weight excluding hydrogens is 666 g/mol. The van der Waals surface area contributed by atoms with Crippen LogP contribution in [0.25, 0.3) is 39.1 Å². The summed E-state index contributed by atoms with van der Waals surface area (Å²) in [5.41, 5.74) is 5.96. The number of pyridine rings is 1. The Hall–Kier alpha value is -5.40. The van der Waals surface area contributed by atoms with E-state index in [1.807, 2.05) is 47.4 Å². The van der Waals surface area contributed by atoms with E-state index in [2.05, 4.69) is 42.6 Å². The van der Waals surface area contributed by atoms with Gasteiger partial charge in [-0.15, -0.1) is 0 Å². The number of halogens is 2. The Morgan fingerprint density at radius 2 is 1.77 bits per heavy atom. The predicted molar refractivity (Wildman–Crippen MR) is 192 cm³/mol. The molecule has 1 saturated heterocycles. The largest absolute Gasteiger partial charge is 0.345 e. The molecule has 2 fully saturated rings. The first-order valence-corrected chi connectivity index (χ1v) is 17.6. The number of amides is 2. The first kappa shape index (κ1) is 33.7. The molecule has 0 bridgehead atoms. The van der Waals surface area contributed by atoms with Crippen molar-refractivity contribution in [1.29, 1.82) is 0 Å². The van der Waals surface area contributed by atoms with Gasteiger partial charge in [0.1, 0.15) is 5.69 Å². The van der Waals surface area contributed by atoms with E-state index in [9.17, 15) is 18.4 Å². The zero-order chi connectivity index (χ0) is 35.7. The zero-order valence-electron chi connectivity index (χ0n) is 28.5. The highest BCUT2D eigenvalue weighted by Gasteiger charge is 2.46. The van der Waals surface area contributed by atoms with Crippen LogP contribution in [0.15, 0.2) is 85.3 Å². The third-order valence-corrected chi connectivity index (χ3v) is 10.3. The molecule has 1 unspecified atom stereocenters. The molecule has 266 valence electrons. The van der Waals surface area contributed by atoms with Crippen LogP contribution < -0.4 is 5.32 Å². The number of hydrogen-bond acceptors (Lipinski definition) is 8. The number of nitrogens with one attached hydrogen (secondary N) is 2. The van der Waals surface area contributed by atoms with Crippen molar-refractivity contribution in [1.82, 2.24) is 34.9 Å². The van der Waals surface area contributed by atoms with Crippen molar-refractivity contribution in [2.75, 3.05) is 44.6 Å². The quantitative estimate of drug-likeness (QED) is 0.168. The van der Waals surface area contributed by atoms with Crippen LogP contribution in [0.1, 0.15) is 42.9 Å². The Morgan fingerprint density at radius 1 is 0.962 bits per heavy atom. The minimum Gasteiger partial charge on any atom is -0.338 e. The summed E-state index contributed by atoms with van der Waals surface area (Å²) in [4.78, 5) is 44.1. The van der Waals surface area contributed by atoms with Crippen LogP contribution in [-0.4, -0.2) is 92.7 Å². The number of fused-ring (bicyclic) bond motifs is 1. The van der Waals surface area contributed by atoms with E-state index in [0.717, 1.165) is 57.4 Å². The van der Waals surface area contributed by atoms with Crippen molar-refractivity contribution in [2.45, 2.75) is 38.2 Å². The van der Waals surface area contributed by atoms with Crippen LogP contribution in [0.2, 0.25) is 0 Å². The number of carbonyl (C=O) groups is 2. The molecule has 13 heteroatoms. The Bertz CT molecular complexity index is 2120. The standard InChI is InChI=1S/C39H38F2N8O3/c40-38(41)52-24-39(37(51)45-30-8-9-32-31(21-30)35(47-46-32)29-10-16-42-33(20-29)27-4-5-27)13-19-48(23-39)22-34(50)49-17-11-26(12-18-49)25-2-6-28(7-3-25)36-43-14-1-15-44-36/h1-3,6-11,14-16,20-21,27,38H,4-5,12-13,17-19,22-24H2,(H,45,51)(H,46,47). The van der Waals surface area contributed by atoms with Crippen molar-refractivity contribution in [3.05, 3.63) is 96.6 Å². The van der Waals surface area contributed by atoms with E-state index in [1.165, 1.54) is 0 Å². The lowest BCUT2D eigenvalue weighted by molar-refractivity contribution is -0.159. The van der Waals surface area contributed by atoms with E-state index >= 15 is 0 Å². The highest BCUT2D eigenvalue weighted by molar-refractivity contribution is 6.00. The zero-order valence-corrected chi connectivity index (χ0v) is 28.5. The number of carbonyl (C=O) groups excluding carboxylic acids is 2. The number of hydrogen-bond donors (Lipinski definition) is 2. The van der Waals surface area contributed by atoms with E-state index in [-0.39, 0.29) is 25.4 Å². The average molecular weight is 705 g/mol. The van der Waals surface area contributed by atoms with Crippen LogP contribution in [0.5, 0.6) is 0 Å². The fourth-order valence-corrected chi connectivity index (χ4v) is 7.19. The third-order valence-electron chi connectivity index (χ3n) is 10.3. The third kappa shape index (κ3) is 7.19. The summed E-state index contributed by atoms with van der Waals surface area (Å²) >= 11 is 0. The van der Waals surface area contributed by atoms with Crippen molar-refractivity contribution >= 4 is 34.0 Å². The monoisotopic (exact) mass is 704 g/mol. The molecule has 1 aliphatic carbocycles. The van der Waals surface area contributed by atoms with Crippen molar-refractivity contribution < 1.29 is 23.1 Å². The Balaban J connectivity index is 0.918. The maximum Gasteiger partial charge on any atom is 0.345 e. The number of likely N-dealkylation sites (tertiary alicyclic amines) is 1. The first-order chi connectivity index (χ1) is 25.3. The van der Waals surface area contributed by atoms with Crippen LogP contribution in [0, 0.1) is 5.41 Å². The maximum absolute atomic E-state index is 13.9. The molecule has 52 heavy (non-hydrogen) atoms. The van der Waals surface area contributed by atoms with Gasteiger partial charge in [0.15, 0.2) is 5.82 Å². The summed E-state index contributed by atoms with van der Waals surface area (Å²) in [6, 6.07) is 19.3. The van der Waals surface area contributed by atoms with Crippen LogP contribution in [0.3, 0.4) is 0 Å². The summed E-state index contributed by atoms with van der Waals surface area (Å²) in [5.74, 6) is 0.656. The number of H-pyrrole nitrogens is 1. The van der Waals surface area contributed by atoms with Crippen molar-refractivity contribution in [3.8, 4) is 22.6 Å². The molecule has 3 aromatic heterocycles. The molecule has 8 rings (SSSR count). The molecule has 5 aromatic rings. The lowest BCUT2D eigenvalue weighted by Crippen LogP contribution is -2.45. The number of rotatable bonds is 11. The molecule has 3 aliphatic rings. The van der Waals surface area contributed by atoms with Crippen LogP contribution >= 0.6 is 0 Å². The van der Waals surface area contributed by atoms with Gasteiger partial charge < -0.3 is 15.0 Å². The van der Waals surface area contributed by atoms with Gasteiger partial charge in [-0.2, -0.15) is 13.9 Å². The minimum atomic E-state index is -3.02. The van der Waals surface area contributed by atoms with Crippen molar-refractivity contribution in [3.63, 3.8) is 0 Å². The number of nitrogens with zero attached hydrogens (tertiary/aromatic N) is 6. The van der Waals surface area contributed by atoms with Gasteiger partial charge in [-0.25, -0.2) is 9.97 Å². The number of ether oxygens (including phenoxy) is 1. The topological polar surface area (TPSA) is 129 Å². The van der Waals surface area contributed by atoms with Crippen LogP contribution in [0.4, 0.5) is 14.5 Å². The second-order valence-corrected chi connectivity index (χ2v) is 13.8. The number of aromatic nitrogens is 5. The summed E-state index contributed by atoms with van der Waals surface area (Å²) in [5, 5.41) is 11.4. The molecule has 1 atom stereocenters. The van der Waals surface area contributed by atoms with Gasteiger partial charge >= 0.3 is 6.61 Å². The maximum atomic E-state index is 13.9. The summed E-state index contributed by atoms with van der Waals surface area (Å²) in [6.07, 6.45) is 10.5. The number of aromatic amines is 1. The van der Waals surface area contributed by atoms with E-state index in [4.69, 9.17) is 4.74 Å². The van der Waals surface area contributed by atoms with Gasteiger partial charge in [0.2, 0.25) is 11.8 Å². The van der Waals surface area contributed by atoms with Gasteiger partial charge in [-0.1, -0.05) is 30.3 Å². The van der Waals surface area contributed by atoms with E-state index < -0.39 is 24.5 Å². The lowest BCUT2D eigenvalue weighted by Gasteiger charge is -2.30. The van der Waals surface area contributed by atoms with Crippen molar-refractivity contribution in [2.24, 2.45) is 5.41 Å². The molecular formula is C39H38F2N8O3. The fourth-order valence-electron chi connectivity index (χ4n) is 7.19. The molecule has 0 spiro atoms. The molecule has 2 N–H and O–H groups in total. The lowest BCUT2D eigenvalue weighted by atomic mass is 9.86. The number of anilines is 1. The highest BCUT2D eigenvalue weighted by atomic mass is 19.3. The van der Waals surface area contributed by atoms with Gasteiger partial charge in [0.25, 0.3) is 0 Å². The predicted octanol–water partition coefficient (Wildman–Crippen LogP) is 6.15. The summed E-state index contributed by atoms with van der Waals surface area (Å²) < 4.78 is 31.4. The van der Waals surface area contributed by atoms with E-state index in [0.29, 0.717) is 43.5 Å². The smallest absolute Gasteiger partial charge is 0.338 e. The van der Waals surface area contributed by atoms with Gasteiger partial charge in [-0.3, -0.25) is 24.6 Å². The molecule has 1 saturated carbocycles. The second-order valence-electron chi connectivity index (χ2n) is 13.8. The Kier molecular flexibility index (Phi) is 9.29. The molecule has 2 aromatic carbocycles. The second kappa shape index (κ2) is 14.3. The van der Waals surface area contributed by atoms with E-state index in [1.54, 1.807) is 35.6 Å². The molecule has 5 heterocycles. The Morgan fingerprint density at radius 3 is 2.52 bits per heavy atom. The van der Waals surface area contributed by atoms with Gasteiger partial charge in [0.05, 0.1) is 24.1 Å². The fraction of sp³-hybridized carbons (Fsp3) is 0.333. The number of benzene rings is 2. The number of alkyl halides is 2. The van der Waals surface area contributed by atoms with Gasteiger partial charge in [-0.05, 0) is 79.8 Å². The SMILES string of the molecule is O=C(CN1CCC(COC(F)F)(C(=O)Nc2ccc3[nH]nc(-c4ccnc(C5CC5)c4)c3c2)C1)N1CC=C(c2ccc(-c3ncccn3)cc2)CC1. The Labute approximate surface area is 299 Å². The molecule has 0 radical (unpaired) electrons. The van der Waals surface area contributed by atoms with Gasteiger partial charge in [0, 0.05) is 72.0 Å². The molecule has 11 nitrogen and oxygen atoms in total. The normalized spacial score (nSPS) is 19.3. The first-order valence-electron chi connectivity index (χ1n) is 17.6. The summed E-state index contributed by atoms with van der Waals surface area (Å²) in [6.45, 7) is -1.88. The average Bonchev–Trinajstić information content (AvgIpc) is 3.82.